The lowest BCUT2D eigenvalue weighted by Crippen LogP contribution is -2.26. The summed E-state index contributed by atoms with van der Waals surface area (Å²) >= 11 is 0. The van der Waals surface area contributed by atoms with Crippen molar-refractivity contribution in [3.05, 3.63) is 89.5 Å². The Bertz CT molecular complexity index is 1110. The van der Waals surface area contributed by atoms with Gasteiger partial charge in [0.15, 0.2) is 0 Å². The van der Waals surface area contributed by atoms with E-state index in [1.165, 1.54) is 12.1 Å². The number of hydrogen-bond acceptors (Lipinski definition) is 4. The first kappa shape index (κ1) is 21.4. The Balaban J connectivity index is 1.65. The molecule has 0 aliphatic heterocycles. The molecule has 0 aromatic heterocycles. The average molecular weight is 425 g/mol. The molecule has 0 saturated carbocycles. The van der Waals surface area contributed by atoms with Crippen molar-refractivity contribution in [3.63, 3.8) is 0 Å². The fraction of sp³-hybridized carbons (Fsp3) is 0.174. The van der Waals surface area contributed by atoms with E-state index >= 15 is 0 Å². The van der Waals surface area contributed by atoms with Gasteiger partial charge < -0.3 is 10.1 Å². The summed E-state index contributed by atoms with van der Waals surface area (Å²) in [6.07, 6.45) is 0.676. The Labute approximate surface area is 177 Å². The van der Waals surface area contributed by atoms with Crippen LogP contribution in [0, 0.1) is 6.92 Å². The van der Waals surface area contributed by atoms with Crippen molar-refractivity contribution >= 4 is 21.6 Å². The number of amides is 1. The largest absolute Gasteiger partial charge is 0.497 e. The van der Waals surface area contributed by atoms with Crippen LogP contribution in [0.5, 0.6) is 5.75 Å². The van der Waals surface area contributed by atoms with Crippen molar-refractivity contribution in [2.75, 3.05) is 18.4 Å². The molecule has 0 heterocycles. The predicted octanol–water partition coefficient (Wildman–Crippen LogP) is 3.78. The van der Waals surface area contributed by atoms with Crippen LogP contribution < -0.4 is 14.8 Å². The zero-order valence-corrected chi connectivity index (χ0v) is 17.7. The van der Waals surface area contributed by atoms with Crippen molar-refractivity contribution in [1.82, 2.24) is 5.32 Å². The van der Waals surface area contributed by atoms with Gasteiger partial charge in [0.25, 0.3) is 15.9 Å². The third kappa shape index (κ3) is 5.39. The molecule has 30 heavy (non-hydrogen) atoms. The van der Waals surface area contributed by atoms with Gasteiger partial charge in [0.05, 0.1) is 17.7 Å². The zero-order valence-electron chi connectivity index (χ0n) is 16.9. The number of aryl methyl sites for hydroxylation is 1. The zero-order chi connectivity index (χ0) is 21.6. The minimum Gasteiger partial charge on any atom is -0.497 e. The number of carbonyl (C=O) groups is 1. The summed E-state index contributed by atoms with van der Waals surface area (Å²) in [6.45, 7) is 2.25. The first-order valence-corrected chi connectivity index (χ1v) is 11.0. The Kier molecular flexibility index (Phi) is 6.74. The molecule has 1 amide bonds. The second-order valence-electron chi connectivity index (χ2n) is 6.80. The molecule has 0 saturated heterocycles. The number of nitrogens with one attached hydrogen (secondary N) is 2. The van der Waals surface area contributed by atoms with Crippen LogP contribution in [0.4, 0.5) is 5.69 Å². The SMILES string of the molecule is COc1ccc(CCNC(=O)c2ccc(C)c(NS(=O)(=O)c3ccccc3)c2)cc1. The highest BCUT2D eigenvalue weighted by Gasteiger charge is 2.16. The van der Waals surface area contributed by atoms with Gasteiger partial charge in [0, 0.05) is 12.1 Å². The quantitative estimate of drug-likeness (QED) is 0.576. The van der Waals surface area contributed by atoms with Crippen LogP contribution >= 0.6 is 0 Å². The molecule has 0 aliphatic carbocycles. The summed E-state index contributed by atoms with van der Waals surface area (Å²) in [4.78, 5) is 12.7. The van der Waals surface area contributed by atoms with Gasteiger partial charge in [-0.05, 0) is 60.9 Å². The van der Waals surface area contributed by atoms with Crippen molar-refractivity contribution in [3.8, 4) is 5.75 Å². The lowest BCUT2D eigenvalue weighted by atomic mass is 10.1. The second-order valence-corrected chi connectivity index (χ2v) is 8.48. The monoisotopic (exact) mass is 424 g/mol. The maximum atomic E-state index is 12.6. The maximum absolute atomic E-state index is 12.6. The minimum absolute atomic E-state index is 0.166. The molecule has 0 bridgehead atoms. The second kappa shape index (κ2) is 9.45. The fourth-order valence-electron chi connectivity index (χ4n) is 2.89. The van der Waals surface area contributed by atoms with Crippen molar-refractivity contribution in [2.45, 2.75) is 18.2 Å². The van der Waals surface area contributed by atoms with Gasteiger partial charge in [0.2, 0.25) is 0 Å². The third-order valence-electron chi connectivity index (χ3n) is 4.66. The summed E-state index contributed by atoms with van der Waals surface area (Å²) < 4.78 is 32.9. The lowest BCUT2D eigenvalue weighted by molar-refractivity contribution is 0.0954. The smallest absolute Gasteiger partial charge is 0.261 e. The number of hydrogen-bond donors (Lipinski definition) is 2. The molecule has 0 aliphatic rings. The van der Waals surface area contributed by atoms with Gasteiger partial charge in [0.1, 0.15) is 5.75 Å². The number of benzene rings is 3. The molecule has 0 unspecified atom stereocenters. The molecule has 3 aromatic carbocycles. The van der Waals surface area contributed by atoms with Gasteiger partial charge in [-0.2, -0.15) is 0 Å². The summed E-state index contributed by atoms with van der Waals surface area (Å²) in [6, 6.07) is 20.7. The Morgan fingerprint density at radius 3 is 2.33 bits per heavy atom. The van der Waals surface area contributed by atoms with Crippen LogP contribution in [0.1, 0.15) is 21.5 Å². The molecule has 3 aromatic rings. The first-order chi connectivity index (χ1) is 14.4. The van der Waals surface area contributed by atoms with Gasteiger partial charge in [-0.1, -0.05) is 36.4 Å². The third-order valence-corrected chi connectivity index (χ3v) is 6.04. The Morgan fingerprint density at radius 2 is 1.67 bits per heavy atom. The topological polar surface area (TPSA) is 84.5 Å². The van der Waals surface area contributed by atoms with Gasteiger partial charge in [-0.25, -0.2) is 8.42 Å². The average Bonchev–Trinajstić information content (AvgIpc) is 2.76. The summed E-state index contributed by atoms with van der Waals surface area (Å²) in [5.74, 6) is 0.525. The van der Waals surface area contributed by atoms with E-state index < -0.39 is 10.0 Å². The Hall–Kier alpha value is -3.32. The highest BCUT2D eigenvalue weighted by atomic mass is 32.2. The van der Waals surface area contributed by atoms with Gasteiger partial charge in [-0.3, -0.25) is 9.52 Å². The van der Waals surface area contributed by atoms with Crippen molar-refractivity contribution in [2.24, 2.45) is 0 Å². The van der Waals surface area contributed by atoms with Crippen LogP contribution in [-0.2, 0) is 16.4 Å². The van der Waals surface area contributed by atoms with Gasteiger partial charge >= 0.3 is 0 Å². The fourth-order valence-corrected chi connectivity index (χ4v) is 4.03. The minimum atomic E-state index is -3.73. The van der Waals surface area contributed by atoms with Crippen molar-refractivity contribution < 1.29 is 17.9 Å². The molecule has 0 radical (unpaired) electrons. The summed E-state index contributed by atoms with van der Waals surface area (Å²) in [5, 5.41) is 2.87. The van der Waals surface area contributed by atoms with E-state index in [1.54, 1.807) is 50.4 Å². The van der Waals surface area contributed by atoms with E-state index in [0.717, 1.165) is 16.9 Å². The van der Waals surface area contributed by atoms with Crippen LogP contribution in [0.25, 0.3) is 0 Å². The Morgan fingerprint density at radius 1 is 0.967 bits per heavy atom. The van der Waals surface area contributed by atoms with Crippen LogP contribution in [0.2, 0.25) is 0 Å². The number of carbonyl (C=O) groups excluding carboxylic acids is 1. The molecule has 0 fully saturated rings. The number of anilines is 1. The van der Waals surface area contributed by atoms with E-state index in [2.05, 4.69) is 10.0 Å². The molecular weight excluding hydrogens is 400 g/mol. The molecule has 3 rings (SSSR count). The molecule has 156 valence electrons. The maximum Gasteiger partial charge on any atom is 0.261 e. The van der Waals surface area contributed by atoms with E-state index in [0.29, 0.717) is 24.2 Å². The van der Waals surface area contributed by atoms with Crippen LogP contribution in [-0.4, -0.2) is 28.0 Å². The van der Waals surface area contributed by atoms with E-state index in [1.807, 2.05) is 24.3 Å². The number of sulfonamides is 1. The standard InChI is InChI=1S/C23H24N2O4S/c1-17-8-11-19(16-22(17)25-30(27,28)21-6-4-3-5-7-21)23(26)24-15-14-18-9-12-20(29-2)13-10-18/h3-13,16,25H,14-15H2,1-2H3,(H,24,26). The summed E-state index contributed by atoms with van der Waals surface area (Å²) in [5.41, 5.74) is 2.57. The first-order valence-electron chi connectivity index (χ1n) is 9.49. The highest BCUT2D eigenvalue weighted by molar-refractivity contribution is 7.92. The molecule has 2 N–H and O–H groups in total. The number of methoxy groups -OCH3 is 1. The molecule has 0 atom stereocenters. The number of ether oxygens (including phenoxy) is 1. The normalized spacial score (nSPS) is 11.0. The lowest BCUT2D eigenvalue weighted by Gasteiger charge is -2.12. The van der Waals surface area contributed by atoms with E-state index in [9.17, 15) is 13.2 Å². The molecule has 7 heteroatoms. The van der Waals surface area contributed by atoms with Crippen LogP contribution in [0.3, 0.4) is 0 Å². The number of rotatable bonds is 8. The summed E-state index contributed by atoms with van der Waals surface area (Å²) in [7, 11) is -2.11. The highest BCUT2D eigenvalue weighted by Crippen LogP contribution is 2.21. The van der Waals surface area contributed by atoms with E-state index in [4.69, 9.17) is 4.74 Å². The van der Waals surface area contributed by atoms with Crippen LogP contribution in [0.15, 0.2) is 77.7 Å². The van der Waals surface area contributed by atoms with Gasteiger partial charge in [-0.15, -0.1) is 0 Å². The predicted molar refractivity (Wildman–Crippen MR) is 117 cm³/mol. The van der Waals surface area contributed by atoms with Crippen molar-refractivity contribution in [1.29, 1.82) is 0 Å². The molecule has 0 spiro atoms. The van der Waals surface area contributed by atoms with E-state index in [-0.39, 0.29) is 10.8 Å². The molecular formula is C23H24N2O4S. The molecule has 6 nitrogen and oxygen atoms in total.